The first kappa shape index (κ1) is 65.0. The predicted octanol–water partition coefficient (Wildman–Crippen LogP) is 2.59. The lowest BCUT2D eigenvalue weighted by atomic mass is 9.43. The number of amides is 4. The van der Waals surface area contributed by atoms with Crippen LogP contribution in [0, 0.1) is 64.1 Å². The van der Waals surface area contributed by atoms with Crippen LogP contribution in [0.3, 0.4) is 0 Å². The average molecular weight is 1170 g/mol. The van der Waals surface area contributed by atoms with E-state index in [-0.39, 0.29) is 96.7 Å². The third kappa shape index (κ3) is 14.0. The van der Waals surface area contributed by atoms with Crippen molar-refractivity contribution < 1.29 is 93.2 Å². The molecule has 26 atom stereocenters. The number of carboxylic acids is 1. The lowest BCUT2D eigenvalue weighted by molar-refractivity contribution is -0.338. The molecule has 22 nitrogen and oxygen atoms in total. The fourth-order valence-corrected chi connectivity index (χ4v) is 17.2. The number of aliphatic hydroxyl groups excluding tert-OH is 7. The predicted molar refractivity (Wildman–Crippen MR) is 293 cm³/mol. The second-order valence-corrected chi connectivity index (χ2v) is 26.7. The minimum Gasteiger partial charge on any atom is -0.481 e. The Hall–Kier alpha value is -2.97. The molecule has 468 valence electrons. The summed E-state index contributed by atoms with van der Waals surface area (Å²) < 4.78 is 38.5. The Morgan fingerprint density at radius 1 is 0.780 bits per heavy atom. The van der Waals surface area contributed by atoms with Crippen LogP contribution < -0.4 is 16.0 Å². The smallest absolute Gasteiger partial charge is 0.303 e. The maximum atomic E-state index is 14.4. The van der Waals surface area contributed by atoms with Crippen molar-refractivity contribution in [2.24, 2.45) is 64.1 Å². The molecule has 4 amide bonds. The van der Waals surface area contributed by atoms with Crippen LogP contribution in [-0.2, 0) is 52.4 Å². The standard InChI is InChI=1S/C60H99N3O19/c1-8-34-23-35(55(75)61-20-21-77-37-18-19-59(6)36(25-37)26-41(67)47-39-16-15-38(29(2)14-17-46(69)70)60(39,7)45(68)27-40(47)59)24-42(53(34)82-58-52(74)51(73)49(71)30(3)78-58)80-57-48(62-31(4)65)54(50(72)44(28-64)81-57)79-43(56(76)63-32(5)66)22-33-12-10-9-11-13-33/h29-30,33-45,47-54,57-58,64,67-68,71-74H,8-28H2,1-7H3,(H,61,75)(H,62,65)(H,69,70)(H,63,66,76)/t29-,30?,34?,35?,36+,37-,38-,39?,40+,41-,42-,43+,44-,45+,47+,48-,49?,50+,51?,52?,53-,54-,57+,58?,59+,60-/m1/s1. The average Bonchev–Trinajstić information content (AvgIpc) is 3.00. The van der Waals surface area contributed by atoms with E-state index < -0.39 is 134 Å². The van der Waals surface area contributed by atoms with Crippen molar-refractivity contribution in [2.75, 3.05) is 19.8 Å². The summed E-state index contributed by atoms with van der Waals surface area (Å²) in [6, 6.07) is -1.33. The zero-order valence-corrected chi connectivity index (χ0v) is 49.4. The van der Waals surface area contributed by atoms with Crippen molar-refractivity contribution in [3.05, 3.63) is 0 Å². The van der Waals surface area contributed by atoms with Gasteiger partial charge in [0.05, 0.1) is 49.8 Å². The number of ether oxygens (including phenoxy) is 6. The highest BCUT2D eigenvalue weighted by Crippen LogP contribution is 2.68. The molecule has 0 aromatic heterocycles. The molecule has 82 heavy (non-hydrogen) atoms. The van der Waals surface area contributed by atoms with Gasteiger partial charge in [-0.25, -0.2) is 0 Å². The normalized spacial score (nSPS) is 44.0. The molecule has 2 saturated heterocycles. The first-order valence-corrected chi connectivity index (χ1v) is 31.1. The van der Waals surface area contributed by atoms with Gasteiger partial charge in [-0.1, -0.05) is 66.2 Å². The molecule has 2 heterocycles. The van der Waals surface area contributed by atoms with Crippen LogP contribution in [0.4, 0.5) is 0 Å². The lowest BCUT2D eigenvalue weighted by Crippen LogP contribution is -2.67. The van der Waals surface area contributed by atoms with Gasteiger partial charge in [-0.3, -0.25) is 29.3 Å². The first-order valence-electron chi connectivity index (χ1n) is 31.1. The topological polar surface area (TPSA) is 339 Å². The summed E-state index contributed by atoms with van der Waals surface area (Å²) in [4.78, 5) is 64.8. The molecule has 11 N–H and O–H groups in total. The maximum Gasteiger partial charge on any atom is 0.303 e. The van der Waals surface area contributed by atoms with Crippen LogP contribution in [0.25, 0.3) is 0 Å². The third-order valence-corrected chi connectivity index (χ3v) is 21.7. The highest BCUT2D eigenvalue weighted by Gasteiger charge is 2.66. The molecular weight excluding hydrogens is 1070 g/mol. The summed E-state index contributed by atoms with van der Waals surface area (Å²) in [6.07, 6.45) is -5.81. The highest BCUT2D eigenvalue weighted by atomic mass is 16.7. The summed E-state index contributed by atoms with van der Waals surface area (Å²) in [5, 5.41) is 96.6. The van der Waals surface area contributed by atoms with Crippen LogP contribution >= 0.6 is 0 Å². The number of hydrogen-bond acceptors (Lipinski definition) is 18. The molecule has 6 saturated carbocycles. The molecule has 6 aliphatic carbocycles. The van der Waals surface area contributed by atoms with Crippen LogP contribution in [0.1, 0.15) is 164 Å². The molecule has 0 aromatic rings. The van der Waals surface area contributed by atoms with Gasteiger partial charge in [0.25, 0.3) is 5.91 Å². The van der Waals surface area contributed by atoms with E-state index in [1.807, 2.05) is 6.92 Å². The Morgan fingerprint density at radius 2 is 1.51 bits per heavy atom. The van der Waals surface area contributed by atoms with Gasteiger partial charge in [-0.2, -0.15) is 0 Å². The van der Waals surface area contributed by atoms with Crippen molar-refractivity contribution in [3.63, 3.8) is 0 Å². The lowest BCUT2D eigenvalue weighted by Gasteiger charge is -2.63. The summed E-state index contributed by atoms with van der Waals surface area (Å²) in [7, 11) is 0. The van der Waals surface area contributed by atoms with Gasteiger partial charge in [0.15, 0.2) is 12.6 Å². The zero-order chi connectivity index (χ0) is 59.5. The van der Waals surface area contributed by atoms with Crippen molar-refractivity contribution in [2.45, 2.75) is 262 Å². The van der Waals surface area contributed by atoms with E-state index in [0.717, 1.165) is 64.2 Å². The number of aliphatic hydroxyl groups is 7. The molecule has 8 unspecified atom stereocenters. The molecule has 0 bridgehead atoms. The van der Waals surface area contributed by atoms with Gasteiger partial charge in [0, 0.05) is 32.7 Å². The third-order valence-electron chi connectivity index (χ3n) is 21.7. The van der Waals surface area contributed by atoms with E-state index in [2.05, 4.69) is 36.7 Å². The molecular formula is C60H99N3O19. The Bertz CT molecular complexity index is 2170. The van der Waals surface area contributed by atoms with Gasteiger partial charge in [-0.15, -0.1) is 0 Å². The number of carbonyl (C=O) groups is 5. The van der Waals surface area contributed by atoms with Crippen molar-refractivity contribution >= 4 is 29.6 Å². The summed E-state index contributed by atoms with van der Waals surface area (Å²) >= 11 is 0. The fraction of sp³-hybridized carbons (Fsp3) is 0.917. The Kier molecular flexibility index (Phi) is 22.0. The SMILES string of the molecule is CCC1CC(C(=O)NCCO[C@@H]2CC[C@@]3(C)[C@@H](C2)C[C@@H](O)[C@H]2C4CC[C@H]([C@H](C)CCC(=O)O)[C@@]4(C)[C@@H](O)C[C@@H]23)C[C@@H](O[C@H]2O[C@H](CO)[C@H](O)[C@H](O[C@@H](CC3CCCCC3)C(=O)NC(C)=O)[C@H]2NC(C)=O)[C@@H]1OC1OC(C)C(O)C(O)C1O. The molecule has 8 aliphatic rings. The Labute approximate surface area is 483 Å². The minimum absolute atomic E-state index is 0.000265. The molecule has 8 fully saturated rings. The van der Waals surface area contributed by atoms with E-state index in [1.165, 1.54) is 20.8 Å². The summed E-state index contributed by atoms with van der Waals surface area (Å²) in [6.45, 7) is 12.2. The number of nitrogens with one attached hydrogen (secondary N) is 3. The van der Waals surface area contributed by atoms with Crippen LogP contribution in [0.15, 0.2) is 0 Å². The minimum atomic E-state index is -1.68. The quantitative estimate of drug-likeness (QED) is 0.0736. The van der Waals surface area contributed by atoms with Crippen molar-refractivity contribution in [3.8, 4) is 0 Å². The largest absolute Gasteiger partial charge is 0.481 e. The van der Waals surface area contributed by atoms with Gasteiger partial charge >= 0.3 is 5.97 Å². The molecule has 8 rings (SSSR count). The summed E-state index contributed by atoms with van der Waals surface area (Å²) in [5.74, 6) is -3.23. The number of carbonyl (C=O) groups excluding carboxylic acids is 4. The number of fused-ring (bicyclic) bond motifs is 5. The van der Waals surface area contributed by atoms with Gasteiger partial charge in [-0.05, 0) is 136 Å². The number of carboxylic acid groups (broad SMARTS) is 1. The van der Waals surface area contributed by atoms with Crippen molar-refractivity contribution in [1.29, 1.82) is 0 Å². The molecule has 0 spiro atoms. The Balaban J connectivity index is 0.947. The van der Waals surface area contributed by atoms with E-state index in [9.17, 15) is 64.8 Å². The van der Waals surface area contributed by atoms with Crippen LogP contribution in [0.5, 0.6) is 0 Å². The number of imide groups is 1. The zero-order valence-electron chi connectivity index (χ0n) is 49.4. The number of aliphatic carboxylic acids is 1. The van der Waals surface area contributed by atoms with Gasteiger partial charge in [0.1, 0.15) is 48.8 Å². The highest BCUT2D eigenvalue weighted by molar-refractivity contribution is 5.96. The van der Waals surface area contributed by atoms with E-state index in [1.54, 1.807) is 0 Å². The monoisotopic (exact) mass is 1170 g/mol. The molecule has 0 radical (unpaired) electrons. The number of rotatable bonds is 21. The molecule has 0 aromatic carbocycles. The second kappa shape index (κ2) is 27.8. The van der Waals surface area contributed by atoms with Crippen LogP contribution in [-0.4, -0.2) is 188 Å². The first-order chi connectivity index (χ1) is 38.9. The van der Waals surface area contributed by atoms with Crippen molar-refractivity contribution in [1.82, 2.24) is 16.0 Å². The van der Waals surface area contributed by atoms with Gasteiger partial charge in [0.2, 0.25) is 17.7 Å². The maximum absolute atomic E-state index is 14.4. The fourth-order valence-electron chi connectivity index (χ4n) is 17.2. The van der Waals surface area contributed by atoms with Gasteiger partial charge < -0.3 is 79.9 Å². The Morgan fingerprint density at radius 3 is 2.18 bits per heavy atom. The molecule has 22 heteroatoms. The van der Waals surface area contributed by atoms with E-state index >= 15 is 0 Å². The summed E-state index contributed by atoms with van der Waals surface area (Å²) in [5.41, 5.74) is -0.493. The molecule has 2 aliphatic heterocycles. The van der Waals surface area contributed by atoms with E-state index in [0.29, 0.717) is 32.1 Å². The van der Waals surface area contributed by atoms with E-state index in [4.69, 9.17) is 28.4 Å². The second-order valence-electron chi connectivity index (χ2n) is 26.7. The van der Waals surface area contributed by atoms with Crippen LogP contribution in [0.2, 0.25) is 0 Å². The number of hydrogen-bond donors (Lipinski definition) is 11.